The number of anilines is 1. The third kappa shape index (κ3) is 3.29. The van der Waals surface area contributed by atoms with Gasteiger partial charge in [-0.15, -0.1) is 0 Å². The van der Waals surface area contributed by atoms with Gasteiger partial charge in [0.2, 0.25) is 17.7 Å². The van der Waals surface area contributed by atoms with Crippen LogP contribution in [0.25, 0.3) is 21.5 Å². The molecule has 2 atom stereocenters. The van der Waals surface area contributed by atoms with Crippen molar-refractivity contribution in [2.24, 2.45) is 16.2 Å². The number of hydrogen-bond acceptors (Lipinski definition) is 6. The first-order chi connectivity index (χ1) is 16.3. The third-order valence-corrected chi connectivity index (χ3v) is 7.57. The van der Waals surface area contributed by atoms with Gasteiger partial charge in [-0.1, -0.05) is 30.3 Å². The highest BCUT2D eigenvalue weighted by Crippen LogP contribution is 2.57. The van der Waals surface area contributed by atoms with E-state index < -0.39 is 53.8 Å². The van der Waals surface area contributed by atoms with Crippen molar-refractivity contribution in [1.82, 2.24) is 5.32 Å². The van der Waals surface area contributed by atoms with Gasteiger partial charge in [0.15, 0.2) is 0 Å². The van der Waals surface area contributed by atoms with Gasteiger partial charge in [0, 0.05) is 5.69 Å². The van der Waals surface area contributed by atoms with E-state index in [0.717, 1.165) is 21.5 Å². The monoisotopic (exact) mass is 462 g/mol. The van der Waals surface area contributed by atoms with Crippen molar-refractivity contribution in [3.63, 3.8) is 0 Å². The SMILES string of the molecule is O=C1NC(=O)C2(CO)CC1(CO)CC(CO)(C(=O)Nc1ccc3cc4ccccc4cc3c1)C2. The molecule has 3 aromatic rings. The van der Waals surface area contributed by atoms with Crippen LogP contribution >= 0.6 is 0 Å². The van der Waals surface area contributed by atoms with Gasteiger partial charge in [0.1, 0.15) is 0 Å². The molecule has 8 heteroatoms. The number of amides is 3. The zero-order valence-corrected chi connectivity index (χ0v) is 18.5. The Hall–Kier alpha value is -3.33. The van der Waals surface area contributed by atoms with E-state index in [1.165, 1.54) is 0 Å². The lowest BCUT2D eigenvalue weighted by Crippen LogP contribution is -2.68. The maximum absolute atomic E-state index is 13.6. The Morgan fingerprint density at radius 2 is 1.32 bits per heavy atom. The fourth-order valence-corrected chi connectivity index (χ4v) is 5.81. The molecule has 34 heavy (non-hydrogen) atoms. The first-order valence-corrected chi connectivity index (χ1v) is 11.2. The Kier molecular flexibility index (Phi) is 5.20. The summed E-state index contributed by atoms with van der Waals surface area (Å²) in [6.45, 7) is -1.85. The molecule has 1 saturated heterocycles. The Labute approximate surface area is 195 Å². The largest absolute Gasteiger partial charge is 0.395 e. The molecule has 0 aromatic heterocycles. The smallest absolute Gasteiger partial charge is 0.235 e. The molecule has 3 aromatic carbocycles. The Morgan fingerprint density at radius 3 is 1.88 bits per heavy atom. The molecule has 1 saturated carbocycles. The van der Waals surface area contributed by atoms with Gasteiger partial charge in [-0.2, -0.15) is 0 Å². The predicted molar refractivity (Wildman–Crippen MR) is 126 cm³/mol. The molecule has 2 bridgehead atoms. The summed E-state index contributed by atoms with van der Waals surface area (Å²) in [5, 5.41) is 39.7. The normalized spacial score (nSPS) is 28.7. The summed E-state index contributed by atoms with van der Waals surface area (Å²) < 4.78 is 0. The summed E-state index contributed by atoms with van der Waals surface area (Å²) in [7, 11) is 0. The van der Waals surface area contributed by atoms with E-state index >= 15 is 0 Å². The van der Waals surface area contributed by atoms with Gasteiger partial charge in [0.25, 0.3) is 0 Å². The Morgan fingerprint density at radius 1 is 0.765 bits per heavy atom. The van der Waals surface area contributed by atoms with E-state index in [0.29, 0.717) is 5.69 Å². The molecule has 5 N–H and O–H groups in total. The fourth-order valence-electron chi connectivity index (χ4n) is 5.81. The van der Waals surface area contributed by atoms with Crippen molar-refractivity contribution in [2.75, 3.05) is 25.1 Å². The van der Waals surface area contributed by atoms with Crippen molar-refractivity contribution in [1.29, 1.82) is 0 Å². The van der Waals surface area contributed by atoms with Crippen LogP contribution < -0.4 is 10.6 Å². The second kappa shape index (κ2) is 7.87. The van der Waals surface area contributed by atoms with Gasteiger partial charge in [-0.05, 0) is 65.1 Å². The number of hydrogen-bond donors (Lipinski definition) is 5. The van der Waals surface area contributed by atoms with Crippen LogP contribution in [0.1, 0.15) is 19.3 Å². The second-order valence-electron chi connectivity index (χ2n) is 9.84. The van der Waals surface area contributed by atoms with Crippen molar-refractivity contribution in [3.05, 3.63) is 54.6 Å². The van der Waals surface area contributed by atoms with Gasteiger partial charge in [-0.25, -0.2) is 0 Å². The van der Waals surface area contributed by atoms with E-state index in [2.05, 4.69) is 16.7 Å². The number of carbonyl (C=O) groups excluding carboxylic acids is 3. The summed E-state index contributed by atoms with van der Waals surface area (Å²) >= 11 is 0. The molecule has 1 aliphatic carbocycles. The number of nitrogens with one attached hydrogen (secondary N) is 2. The number of benzene rings is 3. The van der Waals surface area contributed by atoms with E-state index in [4.69, 9.17) is 0 Å². The molecule has 3 amide bonds. The number of piperidine rings is 1. The van der Waals surface area contributed by atoms with Crippen molar-refractivity contribution in [2.45, 2.75) is 19.3 Å². The second-order valence-corrected chi connectivity index (χ2v) is 9.84. The molecule has 8 nitrogen and oxygen atoms in total. The summed E-state index contributed by atoms with van der Waals surface area (Å²) in [6.07, 6.45) is -0.356. The van der Waals surface area contributed by atoms with Crippen molar-refractivity contribution < 1.29 is 29.7 Å². The summed E-state index contributed by atoms with van der Waals surface area (Å²) in [6, 6.07) is 17.5. The topological polar surface area (TPSA) is 136 Å². The lowest BCUT2D eigenvalue weighted by Gasteiger charge is -2.54. The van der Waals surface area contributed by atoms with Gasteiger partial charge in [0.05, 0.1) is 36.1 Å². The Bertz CT molecular complexity index is 1310. The Balaban J connectivity index is 1.51. The summed E-state index contributed by atoms with van der Waals surface area (Å²) in [5.74, 6) is -1.94. The van der Waals surface area contributed by atoms with Crippen LogP contribution in [0.2, 0.25) is 0 Å². The van der Waals surface area contributed by atoms with Crippen LogP contribution in [-0.4, -0.2) is 52.9 Å². The number of rotatable bonds is 5. The highest BCUT2D eigenvalue weighted by Gasteiger charge is 2.65. The number of imide groups is 1. The molecule has 1 heterocycles. The average Bonchev–Trinajstić information content (AvgIpc) is 2.86. The van der Waals surface area contributed by atoms with Crippen molar-refractivity contribution >= 4 is 45.0 Å². The number of aliphatic hydroxyl groups excluding tert-OH is 3. The summed E-state index contributed by atoms with van der Waals surface area (Å²) in [5.41, 5.74) is -3.92. The van der Waals surface area contributed by atoms with E-state index in [1.54, 1.807) is 6.07 Å². The number of aliphatic hydroxyl groups is 3. The van der Waals surface area contributed by atoms with Gasteiger partial charge < -0.3 is 20.6 Å². The van der Waals surface area contributed by atoms with Crippen LogP contribution in [0.4, 0.5) is 5.69 Å². The standard InChI is InChI=1S/C26H26N2O6/c29-13-24(10-25(14-30)12-26(11-24,15-31)23(34)28-22(25)33)21(32)27-20-6-5-18-7-16-3-1-2-4-17(16)8-19(18)9-20/h1-9,29-31H,10-15H2,(H,27,32)(H,28,33,34). The summed E-state index contributed by atoms with van der Waals surface area (Å²) in [4.78, 5) is 38.9. The maximum Gasteiger partial charge on any atom is 0.235 e. The van der Waals surface area contributed by atoms with E-state index in [9.17, 15) is 29.7 Å². The third-order valence-electron chi connectivity index (χ3n) is 7.57. The van der Waals surface area contributed by atoms with Crippen LogP contribution in [0, 0.1) is 16.2 Å². The quantitative estimate of drug-likeness (QED) is 0.289. The molecule has 1 aliphatic heterocycles. The molecule has 2 unspecified atom stereocenters. The zero-order valence-electron chi connectivity index (χ0n) is 18.5. The van der Waals surface area contributed by atoms with Crippen LogP contribution in [0.3, 0.4) is 0 Å². The predicted octanol–water partition coefficient (Wildman–Crippen LogP) is 1.71. The minimum absolute atomic E-state index is 0.0737. The molecular formula is C26H26N2O6. The molecule has 0 radical (unpaired) electrons. The van der Waals surface area contributed by atoms with E-state index in [1.807, 2.05) is 42.5 Å². The fraction of sp³-hybridized carbons (Fsp3) is 0.346. The maximum atomic E-state index is 13.6. The zero-order chi connectivity index (χ0) is 24.1. The molecule has 2 fully saturated rings. The van der Waals surface area contributed by atoms with Crippen LogP contribution in [0.15, 0.2) is 54.6 Å². The molecule has 5 rings (SSSR count). The minimum atomic E-state index is -1.53. The number of carbonyl (C=O) groups is 3. The first kappa shape index (κ1) is 22.5. The average molecular weight is 463 g/mol. The highest BCUT2D eigenvalue weighted by molar-refractivity contribution is 6.06. The van der Waals surface area contributed by atoms with Crippen molar-refractivity contribution in [3.8, 4) is 0 Å². The molecule has 2 aliphatic rings. The lowest BCUT2D eigenvalue weighted by atomic mass is 9.50. The number of fused-ring (bicyclic) bond motifs is 4. The molecule has 176 valence electrons. The van der Waals surface area contributed by atoms with E-state index in [-0.39, 0.29) is 19.3 Å². The first-order valence-electron chi connectivity index (χ1n) is 11.2. The van der Waals surface area contributed by atoms with Gasteiger partial charge >= 0.3 is 0 Å². The van der Waals surface area contributed by atoms with Gasteiger partial charge in [-0.3, -0.25) is 19.7 Å². The lowest BCUT2D eigenvalue weighted by molar-refractivity contribution is -0.177. The highest BCUT2D eigenvalue weighted by atomic mass is 16.3. The van der Waals surface area contributed by atoms with Crippen LogP contribution in [0.5, 0.6) is 0 Å². The molecular weight excluding hydrogens is 436 g/mol. The van der Waals surface area contributed by atoms with Crippen LogP contribution in [-0.2, 0) is 14.4 Å². The minimum Gasteiger partial charge on any atom is -0.395 e. The molecule has 0 spiro atoms.